The quantitative estimate of drug-likeness (QED) is 0.699. The zero-order valence-electron chi connectivity index (χ0n) is 12.4. The van der Waals surface area contributed by atoms with Crippen LogP contribution < -0.4 is 0 Å². The molecule has 2 aliphatic rings. The van der Waals surface area contributed by atoms with Crippen LogP contribution in [0.3, 0.4) is 0 Å². The van der Waals surface area contributed by atoms with Crippen LogP contribution in [0.15, 0.2) is 36.4 Å². The molecule has 100 valence electrons. The second-order valence-corrected chi connectivity index (χ2v) is 7.27. The summed E-state index contributed by atoms with van der Waals surface area (Å²) in [5.41, 5.74) is 1.72. The molecule has 0 aliphatic carbocycles. The molecular weight excluding hydrogens is 222 g/mol. The molecule has 0 spiro atoms. The van der Waals surface area contributed by atoms with Gasteiger partial charge >= 0.3 is 0 Å². The minimum absolute atomic E-state index is 0.130. The van der Waals surface area contributed by atoms with Crippen LogP contribution in [0.25, 0.3) is 0 Å². The van der Waals surface area contributed by atoms with Gasteiger partial charge in [-0.3, -0.25) is 5.01 Å². The third-order valence-electron chi connectivity index (χ3n) is 2.97. The van der Waals surface area contributed by atoms with Crippen LogP contribution in [0.4, 0.5) is 0 Å². The lowest BCUT2D eigenvalue weighted by atomic mass is 9.91. The highest BCUT2D eigenvalue weighted by molar-refractivity contribution is 5.22. The first-order valence-corrected chi connectivity index (χ1v) is 6.61. The summed E-state index contributed by atoms with van der Waals surface area (Å²) in [5, 5.41) is 6.71. The largest absolute Gasteiger partial charge is 0.272 e. The molecule has 0 radical (unpaired) electrons. The third-order valence-corrected chi connectivity index (χ3v) is 2.97. The Morgan fingerprint density at radius 2 is 1.61 bits per heavy atom. The Hall–Kier alpha value is -1.38. The Balaban J connectivity index is 2.25. The Morgan fingerprint density at radius 1 is 0.944 bits per heavy atom. The molecule has 0 aromatic rings. The van der Waals surface area contributed by atoms with E-state index in [1.165, 1.54) is 5.70 Å². The van der Waals surface area contributed by atoms with Crippen molar-refractivity contribution in [1.82, 2.24) is 15.1 Å². The predicted octanol–water partition coefficient (Wildman–Crippen LogP) is 3.71. The lowest BCUT2D eigenvalue weighted by Gasteiger charge is -2.44. The van der Waals surface area contributed by atoms with Crippen molar-refractivity contribution in [2.75, 3.05) is 6.54 Å². The van der Waals surface area contributed by atoms with E-state index in [-0.39, 0.29) is 10.8 Å². The van der Waals surface area contributed by atoms with Gasteiger partial charge < -0.3 is 0 Å². The highest BCUT2D eigenvalue weighted by Gasteiger charge is 2.34. The minimum atomic E-state index is 0.130. The zero-order chi connectivity index (χ0) is 13.6. The number of hydrazine groups is 2. The lowest BCUT2D eigenvalue weighted by molar-refractivity contribution is -0.0795. The molecule has 0 saturated heterocycles. The second-order valence-electron chi connectivity index (χ2n) is 7.27. The van der Waals surface area contributed by atoms with E-state index in [0.717, 1.165) is 6.54 Å². The molecule has 2 rings (SSSR count). The fourth-order valence-corrected chi connectivity index (χ4v) is 2.22. The van der Waals surface area contributed by atoms with Gasteiger partial charge in [0.15, 0.2) is 0 Å². The molecule has 0 unspecified atom stereocenters. The normalized spacial score (nSPS) is 19.4. The molecule has 0 fully saturated rings. The minimum Gasteiger partial charge on any atom is -0.272 e. The SMILES string of the molecule is CC(C)(C)CN1C=CN2C=CC=C(C(C)(C)C)N21. The smallest absolute Gasteiger partial charge is 0.0647 e. The zero-order valence-corrected chi connectivity index (χ0v) is 12.4. The van der Waals surface area contributed by atoms with Crippen LogP contribution in [0, 0.1) is 10.8 Å². The molecule has 0 bridgehead atoms. The lowest BCUT2D eigenvalue weighted by Crippen LogP contribution is -2.48. The molecule has 2 aliphatic heterocycles. The number of hydrogen-bond acceptors (Lipinski definition) is 3. The average molecular weight is 247 g/mol. The van der Waals surface area contributed by atoms with Crippen molar-refractivity contribution in [2.45, 2.75) is 41.5 Å². The van der Waals surface area contributed by atoms with Crippen molar-refractivity contribution in [2.24, 2.45) is 10.8 Å². The van der Waals surface area contributed by atoms with Gasteiger partial charge in [0.25, 0.3) is 0 Å². The van der Waals surface area contributed by atoms with Crippen molar-refractivity contribution in [3.05, 3.63) is 36.4 Å². The van der Waals surface area contributed by atoms with Gasteiger partial charge in [-0.15, -0.1) is 0 Å². The number of fused-ring (bicyclic) bond motifs is 1. The number of nitrogens with zero attached hydrogens (tertiary/aromatic N) is 3. The fraction of sp³-hybridized carbons (Fsp3) is 0.600. The molecule has 3 heteroatoms. The van der Waals surface area contributed by atoms with Gasteiger partial charge in [-0.2, -0.15) is 5.12 Å². The van der Waals surface area contributed by atoms with E-state index in [9.17, 15) is 0 Å². The monoisotopic (exact) mass is 247 g/mol. The summed E-state index contributed by atoms with van der Waals surface area (Å²) in [6, 6.07) is 0. The molecule has 3 nitrogen and oxygen atoms in total. The topological polar surface area (TPSA) is 9.72 Å². The van der Waals surface area contributed by atoms with Gasteiger partial charge in [-0.05, 0) is 17.6 Å². The standard InChI is InChI=1S/C15H25N3/c1-14(2,3)12-17-11-10-16-9-7-8-13(18(16)17)15(4,5)6/h7-11H,12H2,1-6H3. The van der Waals surface area contributed by atoms with E-state index < -0.39 is 0 Å². The Bertz CT molecular complexity index is 404. The second kappa shape index (κ2) is 4.08. The van der Waals surface area contributed by atoms with Crippen LogP contribution in [-0.2, 0) is 0 Å². The molecule has 0 aromatic heterocycles. The molecular formula is C15H25N3. The summed E-state index contributed by atoms with van der Waals surface area (Å²) in [7, 11) is 0. The number of allylic oxidation sites excluding steroid dienone is 3. The number of hydrogen-bond donors (Lipinski definition) is 0. The first-order chi connectivity index (χ1) is 8.18. The predicted molar refractivity (Wildman–Crippen MR) is 75.7 cm³/mol. The van der Waals surface area contributed by atoms with Crippen molar-refractivity contribution in [3.63, 3.8) is 0 Å². The molecule has 18 heavy (non-hydrogen) atoms. The molecule has 0 amide bonds. The Morgan fingerprint density at radius 3 is 2.17 bits per heavy atom. The number of rotatable bonds is 1. The van der Waals surface area contributed by atoms with E-state index >= 15 is 0 Å². The summed E-state index contributed by atoms with van der Waals surface area (Å²) in [4.78, 5) is 0. The van der Waals surface area contributed by atoms with Gasteiger partial charge in [0.2, 0.25) is 0 Å². The maximum Gasteiger partial charge on any atom is 0.0647 e. The summed E-state index contributed by atoms with van der Waals surface area (Å²) < 4.78 is 0. The highest BCUT2D eigenvalue weighted by Crippen LogP contribution is 2.36. The first kappa shape index (κ1) is 13.1. The first-order valence-electron chi connectivity index (χ1n) is 6.61. The maximum atomic E-state index is 2.29. The van der Waals surface area contributed by atoms with Crippen molar-refractivity contribution < 1.29 is 0 Å². The molecule has 2 heterocycles. The van der Waals surface area contributed by atoms with Crippen LogP contribution in [-0.4, -0.2) is 21.7 Å². The summed E-state index contributed by atoms with van der Waals surface area (Å²) in [6.07, 6.45) is 10.7. The Labute approximate surface area is 111 Å². The van der Waals surface area contributed by atoms with E-state index in [2.05, 4.69) is 87.4 Å². The van der Waals surface area contributed by atoms with E-state index in [1.807, 2.05) is 0 Å². The Kier molecular flexibility index (Phi) is 2.96. The molecule has 0 aromatic carbocycles. The summed E-state index contributed by atoms with van der Waals surface area (Å²) >= 11 is 0. The van der Waals surface area contributed by atoms with Crippen molar-refractivity contribution >= 4 is 0 Å². The molecule has 0 atom stereocenters. The highest BCUT2D eigenvalue weighted by atomic mass is 15.9. The van der Waals surface area contributed by atoms with Crippen molar-refractivity contribution in [3.8, 4) is 0 Å². The van der Waals surface area contributed by atoms with Crippen LogP contribution >= 0.6 is 0 Å². The molecule has 0 saturated carbocycles. The van der Waals surface area contributed by atoms with Crippen LogP contribution in [0.1, 0.15) is 41.5 Å². The van der Waals surface area contributed by atoms with Crippen molar-refractivity contribution in [1.29, 1.82) is 0 Å². The maximum absolute atomic E-state index is 2.29. The van der Waals surface area contributed by atoms with Gasteiger partial charge in [-0.1, -0.05) is 41.5 Å². The summed E-state index contributed by atoms with van der Waals surface area (Å²) in [6.45, 7) is 14.6. The van der Waals surface area contributed by atoms with E-state index in [0.29, 0.717) is 0 Å². The van der Waals surface area contributed by atoms with E-state index in [1.54, 1.807) is 0 Å². The van der Waals surface area contributed by atoms with Gasteiger partial charge in [0.05, 0.1) is 5.70 Å². The fourth-order valence-electron chi connectivity index (χ4n) is 2.22. The van der Waals surface area contributed by atoms with Gasteiger partial charge in [0.1, 0.15) is 0 Å². The van der Waals surface area contributed by atoms with Gasteiger partial charge in [-0.25, -0.2) is 5.01 Å². The summed E-state index contributed by atoms with van der Waals surface area (Å²) in [5.74, 6) is 0. The van der Waals surface area contributed by atoms with E-state index in [4.69, 9.17) is 0 Å². The molecule has 0 N–H and O–H groups in total. The average Bonchev–Trinajstić information content (AvgIpc) is 2.57. The van der Waals surface area contributed by atoms with Crippen LogP contribution in [0.2, 0.25) is 0 Å². The van der Waals surface area contributed by atoms with Crippen LogP contribution in [0.5, 0.6) is 0 Å². The third kappa shape index (κ3) is 2.55. The van der Waals surface area contributed by atoms with Gasteiger partial charge in [0, 0.05) is 30.6 Å².